The Bertz CT molecular complexity index is 550. The van der Waals surface area contributed by atoms with Crippen LogP contribution in [0.15, 0.2) is 29.8 Å². The van der Waals surface area contributed by atoms with Gasteiger partial charge in [-0.1, -0.05) is 0 Å². The van der Waals surface area contributed by atoms with Crippen LogP contribution in [0.2, 0.25) is 0 Å². The third-order valence-electron chi connectivity index (χ3n) is 3.28. The number of nitrogens with two attached hydrogens (primary N) is 1. The molecule has 100 valence electrons. The lowest BCUT2D eigenvalue weighted by atomic mass is 10.2. The molecule has 0 aliphatic carbocycles. The van der Waals surface area contributed by atoms with Crippen LogP contribution in [0.1, 0.15) is 0 Å². The molecule has 0 radical (unpaired) electrons. The molecule has 2 heterocycles. The summed E-state index contributed by atoms with van der Waals surface area (Å²) in [7, 11) is 0. The number of anilines is 3. The molecule has 1 aromatic heterocycles. The normalized spacial score (nSPS) is 15.8. The molecular formula is C13H15IN4S. The summed E-state index contributed by atoms with van der Waals surface area (Å²) >= 11 is 4.07. The van der Waals surface area contributed by atoms with Crippen molar-refractivity contribution < 1.29 is 0 Å². The van der Waals surface area contributed by atoms with Crippen LogP contribution >= 0.6 is 33.9 Å². The quantitative estimate of drug-likeness (QED) is 0.637. The second-order valence-electron chi connectivity index (χ2n) is 4.50. The fourth-order valence-electron chi connectivity index (χ4n) is 2.29. The van der Waals surface area contributed by atoms with Crippen molar-refractivity contribution in [2.45, 2.75) is 0 Å². The lowest BCUT2D eigenvalue weighted by molar-refractivity contribution is 0.651. The SMILES string of the molecule is Nc1ccc(N2CCN(c3nccs3)CC2)c(I)c1. The maximum atomic E-state index is 5.80. The van der Waals surface area contributed by atoms with E-state index in [0.29, 0.717) is 0 Å². The van der Waals surface area contributed by atoms with E-state index in [1.165, 1.54) is 9.26 Å². The molecule has 1 saturated heterocycles. The Labute approximate surface area is 130 Å². The van der Waals surface area contributed by atoms with Gasteiger partial charge < -0.3 is 15.5 Å². The number of benzene rings is 1. The second-order valence-corrected chi connectivity index (χ2v) is 6.53. The molecule has 2 N–H and O–H groups in total. The highest BCUT2D eigenvalue weighted by Gasteiger charge is 2.20. The Morgan fingerprint density at radius 1 is 1.16 bits per heavy atom. The number of aromatic nitrogens is 1. The fraction of sp³-hybridized carbons (Fsp3) is 0.308. The first-order chi connectivity index (χ1) is 9.24. The average molecular weight is 386 g/mol. The number of hydrogen-bond acceptors (Lipinski definition) is 5. The van der Waals surface area contributed by atoms with Crippen molar-refractivity contribution in [2.75, 3.05) is 41.7 Å². The number of nitrogen functional groups attached to an aromatic ring is 1. The summed E-state index contributed by atoms with van der Waals surface area (Å²) in [6, 6.07) is 6.13. The van der Waals surface area contributed by atoms with Crippen LogP contribution in [-0.2, 0) is 0 Å². The van der Waals surface area contributed by atoms with Crippen LogP contribution in [0.4, 0.5) is 16.5 Å². The Morgan fingerprint density at radius 3 is 2.53 bits per heavy atom. The van der Waals surface area contributed by atoms with E-state index in [9.17, 15) is 0 Å². The van der Waals surface area contributed by atoms with Crippen molar-refractivity contribution in [2.24, 2.45) is 0 Å². The van der Waals surface area contributed by atoms with Crippen LogP contribution in [-0.4, -0.2) is 31.2 Å². The monoisotopic (exact) mass is 386 g/mol. The molecule has 6 heteroatoms. The summed E-state index contributed by atoms with van der Waals surface area (Å²) in [6.07, 6.45) is 1.87. The summed E-state index contributed by atoms with van der Waals surface area (Å²) in [5.74, 6) is 0. The molecule has 1 aromatic carbocycles. The number of hydrogen-bond donors (Lipinski definition) is 1. The minimum Gasteiger partial charge on any atom is -0.399 e. The average Bonchev–Trinajstić information content (AvgIpc) is 2.93. The predicted octanol–water partition coefficient (Wildman–Crippen LogP) is 2.66. The van der Waals surface area contributed by atoms with Crippen LogP contribution in [0, 0.1) is 3.57 Å². The summed E-state index contributed by atoms with van der Waals surface area (Å²) < 4.78 is 1.22. The van der Waals surface area contributed by atoms with Gasteiger partial charge in [-0.3, -0.25) is 0 Å². The van der Waals surface area contributed by atoms with Gasteiger partial charge in [0.15, 0.2) is 5.13 Å². The molecule has 1 aliphatic heterocycles. The second kappa shape index (κ2) is 5.54. The zero-order valence-corrected chi connectivity index (χ0v) is 13.4. The maximum Gasteiger partial charge on any atom is 0.185 e. The molecule has 1 fully saturated rings. The first-order valence-corrected chi connectivity index (χ1v) is 8.14. The van der Waals surface area contributed by atoms with Gasteiger partial charge in [-0.15, -0.1) is 11.3 Å². The maximum absolute atomic E-state index is 5.80. The molecule has 0 atom stereocenters. The van der Waals surface area contributed by atoms with Gasteiger partial charge in [0, 0.05) is 47.0 Å². The van der Waals surface area contributed by atoms with Gasteiger partial charge >= 0.3 is 0 Å². The van der Waals surface area contributed by atoms with Gasteiger partial charge in [0.2, 0.25) is 0 Å². The standard InChI is InChI=1S/C13H15IN4S/c14-11-9-10(15)1-2-12(11)17-4-6-18(7-5-17)13-16-3-8-19-13/h1-3,8-9H,4-7,15H2. The van der Waals surface area contributed by atoms with E-state index in [-0.39, 0.29) is 0 Å². The molecule has 0 bridgehead atoms. The zero-order chi connectivity index (χ0) is 13.2. The molecule has 2 aromatic rings. The number of thiazole rings is 1. The van der Waals surface area contributed by atoms with Crippen molar-refractivity contribution in [1.82, 2.24) is 4.98 Å². The third-order valence-corrected chi connectivity index (χ3v) is 4.98. The van der Waals surface area contributed by atoms with E-state index in [1.807, 2.05) is 23.7 Å². The van der Waals surface area contributed by atoms with E-state index >= 15 is 0 Å². The van der Waals surface area contributed by atoms with Crippen LogP contribution < -0.4 is 15.5 Å². The first-order valence-electron chi connectivity index (χ1n) is 6.18. The molecule has 0 saturated carbocycles. The Morgan fingerprint density at radius 2 is 1.89 bits per heavy atom. The Hall–Kier alpha value is -1.02. The van der Waals surface area contributed by atoms with Gasteiger partial charge in [0.05, 0.1) is 5.69 Å². The largest absolute Gasteiger partial charge is 0.399 e. The predicted molar refractivity (Wildman–Crippen MR) is 90.1 cm³/mol. The minimum absolute atomic E-state index is 0.828. The lowest BCUT2D eigenvalue weighted by Gasteiger charge is -2.36. The third kappa shape index (κ3) is 2.79. The molecule has 0 unspecified atom stereocenters. The van der Waals surface area contributed by atoms with Gasteiger partial charge in [-0.2, -0.15) is 0 Å². The van der Waals surface area contributed by atoms with Crippen molar-refractivity contribution in [3.05, 3.63) is 33.3 Å². The topological polar surface area (TPSA) is 45.4 Å². The van der Waals surface area contributed by atoms with Gasteiger partial charge in [-0.05, 0) is 40.8 Å². The summed E-state index contributed by atoms with van der Waals surface area (Å²) in [5, 5.41) is 3.16. The molecule has 0 spiro atoms. The van der Waals surface area contributed by atoms with Crippen molar-refractivity contribution >= 4 is 50.4 Å². The highest BCUT2D eigenvalue weighted by Crippen LogP contribution is 2.27. The van der Waals surface area contributed by atoms with E-state index in [4.69, 9.17) is 5.73 Å². The Balaban J connectivity index is 1.70. The number of rotatable bonds is 2. The molecule has 4 nitrogen and oxygen atoms in total. The molecular weight excluding hydrogens is 371 g/mol. The molecule has 1 aliphatic rings. The van der Waals surface area contributed by atoms with Gasteiger partial charge in [0.25, 0.3) is 0 Å². The molecule has 0 amide bonds. The highest BCUT2D eigenvalue weighted by atomic mass is 127. The van der Waals surface area contributed by atoms with Crippen LogP contribution in [0.5, 0.6) is 0 Å². The van der Waals surface area contributed by atoms with Gasteiger partial charge in [-0.25, -0.2) is 4.98 Å². The minimum atomic E-state index is 0.828. The van der Waals surface area contributed by atoms with E-state index in [0.717, 1.165) is 37.0 Å². The van der Waals surface area contributed by atoms with Crippen molar-refractivity contribution in [3.8, 4) is 0 Å². The van der Waals surface area contributed by atoms with E-state index in [1.54, 1.807) is 11.3 Å². The van der Waals surface area contributed by atoms with Crippen molar-refractivity contribution in [3.63, 3.8) is 0 Å². The first kappa shape index (κ1) is 13.0. The summed E-state index contributed by atoms with van der Waals surface area (Å²) in [4.78, 5) is 9.15. The summed E-state index contributed by atoms with van der Waals surface area (Å²) in [6.45, 7) is 4.10. The summed E-state index contributed by atoms with van der Waals surface area (Å²) in [5.41, 5.74) is 7.92. The van der Waals surface area contributed by atoms with E-state index < -0.39 is 0 Å². The van der Waals surface area contributed by atoms with Crippen LogP contribution in [0.25, 0.3) is 0 Å². The smallest absolute Gasteiger partial charge is 0.185 e. The van der Waals surface area contributed by atoms with Crippen LogP contribution in [0.3, 0.4) is 0 Å². The molecule has 3 rings (SSSR count). The number of piperazine rings is 1. The zero-order valence-electron chi connectivity index (χ0n) is 10.4. The van der Waals surface area contributed by atoms with E-state index in [2.05, 4.69) is 43.4 Å². The molecule has 19 heavy (non-hydrogen) atoms. The van der Waals surface area contributed by atoms with Crippen molar-refractivity contribution in [1.29, 1.82) is 0 Å². The van der Waals surface area contributed by atoms with Gasteiger partial charge in [0.1, 0.15) is 0 Å². The highest BCUT2D eigenvalue weighted by molar-refractivity contribution is 14.1. The fourth-order valence-corrected chi connectivity index (χ4v) is 3.87. The number of halogens is 1. The Kier molecular flexibility index (Phi) is 3.79. The lowest BCUT2D eigenvalue weighted by Crippen LogP contribution is -2.46. The number of nitrogens with zero attached hydrogens (tertiary/aromatic N) is 3.